The molecule has 0 atom stereocenters. The van der Waals surface area contributed by atoms with Gasteiger partial charge in [-0.15, -0.1) is 0 Å². The summed E-state index contributed by atoms with van der Waals surface area (Å²) in [6, 6.07) is 3.56. The molecule has 26 heavy (non-hydrogen) atoms. The molecule has 0 saturated heterocycles. The third-order valence-electron chi connectivity index (χ3n) is 4.38. The van der Waals surface area contributed by atoms with Crippen molar-refractivity contribution in [3.63, 3.8) is 0 Å². The van der Waals surface area contributed by atoms with E-state index in [1.807, 2.05) is 6.08 Å². The van der Waals surface area contributed by atoms with Crippen LogP contribution in [0.25, 0.3) is 17.9 Å². The molecule has 0 fully saturated rings. The van der Waals surface area contributed by atoms with Crippen molar-refractivity contribution >= 4 is 17.9 Å². The summed E-state index contributed by atoms with van der Waals surface area (Å²) in [4.78, 5) is 19.7. The molecule has 2 heterocycles. The van der Waals surface area contributed by atoms with Crippen LogP contribution in [0.5, 0.6) is 17.2 Å². The van der Waals surface area contributed by atoms with Gasteiger partial charge in [0.2, 0.25) is 11.5 Å². The van der Waals surface area contributed by atoms with Gasteiger partial charge in [0.1, 0.15) is 5.35 Å². The van der Waals surface area contributed by atoms with E-state index < -0.39 is 0 Å². The fourth-order valence-electron chi connectivity index (χ4n) is 3.16. The number of imidazole rings is 1. The lowest BCUT2D eigenvalue weighted by Gasteiger charge is -2.13. The summed E-state index contributed by atoms with van der Waals surface area (Å²) in [6.45, 7) is 0. The number of nitrogens with one attached hydrogen (secondary N) is 1. The monoisotopic (exact) mass is 354 g/mol. The van der Waals surface area contributed by atoms with Crippen LogP contribution in [0.4, 0.5) is 0 Å². The van der Waals surface area contributed by atoms with E-state index in [9.17, 15) is 4.79 Å². The lowest BCUT2D eigenvalue weighted by Crippen LogP contribution is -2.28. The first kappa shape index (κ1) is 16.2. The molecule has 0 unspecified atom stereocenters. The average Bonchev–Trinajstić information content (AvgIpc) is 3.22. The molecular weight excluding hydrogens is 336 g/mol. The summed E-state index contributed by atoms with van der Waals surface area (Å²) in [6.07, 6.45) is 5.46. The molecule has 8 heteroatoms. The third kappa shape index (κ3) is 2.42. The number of nitrogens with zero attached hydrogens (tertiary/aromatic N) is 3. The molecule has 0 saturated carbocycles. The van der Waals surface area contributed by atoms with Gasteiger partial charge in [-0.05, 0) is 31.1 Å². The largest absolute Gasteiger partial charge is 0.493 e. The number of aromatic nitrogens is 4. The van der Waals surface area contributed by atoms with E-state index in [4.69, 9.17) is 14.2 Å². The Labute approximate surface area is 148 Å². The molecule has 2 aromatic heterocycles. The molecule has 1 aromatic carbocycles. The fourth-order valence-corrected chi connectivity index (χ4v) is 3.16. The van der Waals surface area contributed by atoms with Gasteiger partial charge in [0.15, 0.2) is 11.5 Å². The highest BCUT2D eigenvalue weighted by molar-refractivity contribution is 5.66. The molecule has 1 aliphatic rings. The van der Waals surface area contributed by atoms with Crippen molar-refractivity contribution in [2.45, 2.75) is 12.8 Å². The number of rotatable bonds is 4. The molecule has 134 valence electrons. The number of methoxy groups -OCH3 is 3. The lowest BCUT2D eigenvalue weighted by molar-refractivity contribution is 0.324. The molecule has 0 radical (unpaired) electrons. The topological polar surface area (TPSA) is 90.7 Å². The Balaban J connectivity index is 1.99. The molecule has 1 N–H and O–H groups in total. The number of benzene rings is 1. The van der Waals surface area contributed by atoms with Crippen LogP contribution in [-0.2, 0) is 6.42 Å². The van der Waals surface area contributed by atoms with Crippen LogP contribution in [0.3, 0.4) is 0 Å². The number of hydrogen-bond donors (Lipinski definition) is 1. The SMILES string of the molecule is COc1ccc(/C=c2/c(=O)[nH]c3nc4c(nn23)CCC=4)c(OC)c1OC. The molecule has 0 amide bonds. The van der Waals surface area contributed by atoms with Crippen LogP contribution in [0.15, 0.2) is 16.9 Å². The van der Waals surface area contributed by atoms with Gasteiger partial charge < -0.3 is 14.2 Å². The first-order chi connectivity index (χ1) is 12.7. The van der Waals surface area contributed by atoms with Crippen molar-refractivity contribution in [1.29, 1.82) is 0 Å². The van der Waals surface area contributed by atoms with Gasteiger partial charge >= 0.3 is 0 Å². The average molecular weight is 354 g/mol. The first-order valence-electron chi connectivity index (χ1n) is 8.15. The fraction of sp³-hybridized carbons (Fsp3) is 0.278. The Hall–Kier alpha value is -3.29. The van der Waals surface area contributed by atoms with Gasteiger partial charge in [-0.1, -0.05) is 6.08 Å². The predicted molar refractivity (Wildman–Crippen MR) is 95.3 cm³/mol. The van der Waals surface area contributed by atoms with E-state index in [1.54, 1.807) is 25.3 Å². The molecule has 0 bridgehead atoms. The van der Waals surface area contributed by atoms with Crippen LogP contribution >= 0.6 is 0 Å². The third-order valence-corrected chi connectivity index (χ3v) is 4.38. The Morgan fingerprint density at radius 3 is 2.69 bits per heavy atom. The number of hydrogen-bond acceptors (Lipinski definition) is 6. The molecule has 8 nitrogen and oxygen atoms in total. The smallest absolute Gasteiger partial charge is 0.276 e. The normalized spacial score (nSPS) is 13.6. The summed E-state index contributed by atoms with van der Waals surface area (Å²) < 4.78 is 17.7. The van der Waals surface area contributed by atoms with Crippen LogP contribution in [0.2, 0.25) is 0 Å². The Kier molecular flexibility index (Phi) is 3.87. The molecule has 0 spiro atoms. The van der Waals surface area contributed by atoms with Gasteiger partial charge in [0, 0.05) is 5.56 Å². The van der Waals surface area contributed by atoms with Crippen molar-refractivity contribution in [2.75, 3.05) is 21.3 Å². The maximum atomic E-state index is 12.5. The summed E-state index contributed by atoms with van der Waals surface area (Å²) in [5.41, 5.74) is 1.28. The lowest BCUT2D eigenvalue weighted by atomic mass is 10.1. The van der Waals surface area contributed by atoms with E-state index in [0.29, 0.717) is 33.9 Å². The van der Waals surface area contributed by atoms with Crippen LogP contribution in [-0.4, -0.2) is 40.9 Å². The number of H-pyrrole nitrogens is 1. The van der Waals surface area contributed by atoms with Gasteiger partial charge in [-0.3, -0.25) is 9.78 Å². The maximum absolute atomic E-state index is 12.5. The van der Waals surface area contributed by atoms with Crippen molar-refractivity contribution < 1.29 is 14.2 Å². The second-order valence-electron chi connectivity index (χ2n) is 5.83. The summed E-state index contributed by atoms with van der Waals surface area (Å²) >= 11 is 0. The number of ether oxygens (including phenoxy) is 3. The molecule has 1 aliphatic carbocycles. The Bertz CT molecular complexity index is 1180. The van der Waals surface area contributed by atoms with Gasteiger partial charge in [0.05, 0.1) is 32.4 Å². The van der Waals surface area contributed by atoms with E-state index in [-0.39, 0.29) is 5.56 Å². The van der Waals surface area contributed by atoms with Crippen molar-refractivity contribution in [2.24, 2.45) is 0 Å². The van der Waals surface area contributed by atoms with Crippen LogP contribution in [0.1, 0.15) is 17.7 Å². The summed E-state index contributed by atoms with van der Waals surface area (Å²) in [5, 5.41) is 5.77. The Morgan fingerprint density at radius 1 is 1.15 bits per heavy atom. The zero-order chi connectivity index (χ0) is 18.3. The summed E-state index contributed by atoms with van der Waals surface area (Å²) in [7, 11) is 4.63. The van der Waals surface area contributed by atoms with Crippen LogP contribution < -0.4 is 30.5 Å². The highest BCUT2D eigenvalue weighted by Crippen LogP contribution is 2.39. The van der Waals surface area contributed by atoms with E-state index in [0.717, 1.165) is 23.9 Å². The highest BCUT2D eigenvalue weighted by atomic mass is 16.5. The zero-order valence-corrected chi connectivity index (χ0v) is 14.7. The second kappa shape index (κ2) is 6.21. The quantitative estimate of drug-likeness (QED) is 0.709. The minimum Gasteiger partial charge on any atom is -0.493 e. The highest BCUT2D eigenvalue weighted by Gasteiger charge is 2.16. The number of aromatic amines is 1. The number of fused-ring (bicyclic) bond motifs is 2. The van der Waals surface area contributed by atoms with Gasteiger partial charge in [-0.2, -0.15) is 9.61 Å². The minimum absolute atomic E-state index is 0.273. The number of aryl methyl sites for hydroxylation is 1. The standard InChI is InChI=1S/C18H18N4O4/c1-24-14-8-7-10(15(25-2)16(14)26-3)9-13-17(23)20-18-19-11-5-4-6-12(11)21-22(13)18/h5,7-9H,4,6H2,1-3H3,(H,19,20,23)/b13-9-. The molecule has 0 aliphatic heterocycles. The van der Waals surface area contributed by atoms with Crippen molar-refractivity contribution in [3.8, 4) is 17.2 Å². The molecule has 3 aromatic rings. The second-order valence-corrected chi connectivity index (χ2v) is 5.83. The van der Waals surface area contributed by atoms with Gasteiger partial charge in [-0.25, -0.2) is 4.98 Å². The Morgan fingerprint density at radius 2 is 1.96 bits per heavy atom. The van der Waals surface area contributed by atoms with E-state index >= 15 is 0 Å². The van der Waals surface area contributed by atoms with Crippen LogP contribution in [0, 0.1) is 0 Å². The predicted octanol–water partition coefficient (Wildman–Crippen LogP) is -0.00110. The van der Waals surface area contributed by atoms with Crippen molar-refractivity contribution in [1.82, 2.24) is 19.6 Å². The van der Waals surface area contributed by atoms with E-state index in [1.165, 1.54) is 18.7 Å². The first-order valence-corrected chi connectivity index (χ1v) is 8.15. The van der Waals surface area contributed by atoms with Gasteiger partial charge in [0.25, 0.3) is 5.56 Å². The maximum Gasteiger partial charge on any atom is 0.276 e. The van der Waals surface area contributed by atoms with E-state index in [2.05, 4.69) is 15.1 Å². The minimum atomic E-state index is -0.273. The molecular formula is C18H18N4O4. The summed E-state index contributed by atoms with van der Waals surface area (Å²) in [5.74, 6) is 1.90. The molecule has 4 rings (SSSR count). The van der Waals surface area contributed by atoms with Crippen molar-refractivity contribution in [3.05, 3.63) is 44.4 Å². The zero-order valence-electron chi connectivity index (χ0n) is 14.7.